The first-order valence-electron chi connectivity index (χ1n) is 5.76. The van der Waals surface area contributed by atoms with Crippen LogP contribution in [0.15, 0.2) is 23.9 Å². The fourth-order valence-electron chi connectivity index (χ4n) is 2.10. The van der Waals surface area contributed by atoms with Crippen molar-refractivity contribution in [2.24, 2.45) is 5.73 Å². The summed E-state index contributed by atoms with van der Waals surface area (Å²) in [5.74, 6) is 0. The molecule has 2 heterocycles. The molecule has 2 N–H and O–H groups in total. The number of nitrogens with zero attached hydrogens (tertiary/aromatic N) is 1. The number of hydrogen-bond acceptors (Lipinski definition) is 3. The molecule has 2 aliphatic rings. The lowest BCUT2D eigenvalue weighted by Crippen LogP contribution is -2.42. The number of allylic oxidation sites excluding steroid dienone is 2. The molecule has 2 atom stereocenters. The molecular weight excluding hydrogens is 188 g/mol. The highest BCUT2D eigenvalue weighted by Crippen LogP contribution is 2.23. The van der Waals surface area contributed by atoms with E-state index < -0.39 is 0 Å². The molecule has 0 spiro atoms. The van der Waals surface area contributed by atoms with Gasteiger partial charge in [-0.2, -0.15) is 0 Å². The van der Waals surface area contributed by atoms with E-state index in [1.54, 1.807) is 0 Å². The van der Waals surface area contributed by atoms with Crippen LogP contribution in [0.3, 0.4) is 0 Å². The fraction of sp³-hybridized carbons (Fsp3) is 0.667. The highest BCUT2D eigenvalue weighted by molar-refractivity contribution is 5.20. The molecule has 2 rings (SSSR count). The Kier molecular flexibility index (Phi) is 3.44. The van der Waals surface area contributed by atoms with Gasteiger partial charge in [-0.3, -0.25) is 0 Å². The van der Waals surface area contributed by atoms with Gasteiger partial charge in [0.25, 0.3) is 0 Å². The van der Waals surface area contributed by atoms with E-state index in [0.29, 0.717) is 6.54 Å². The summed E-state index contributed by atoms with van der Waals surface area (Å²) < 4.78 is 5.93. The van der Waals surface area contributed by atoms with Crippen LogP contribution in [0.1, 0.15) is 26.2 Å². The Labute approximate surface area is 91.6 Å². The van der Waals surface area contributed by atoms with Crippen LogP contribution in [0, 0.1) is 0 Å². The Bertz CT molecular complexity index is 273. The lowest BCUT2D eigenvalue weighted by atomic mass is 10.1. The molecule has 0 aromatic rings. The van der Waals surface area contributed by atoms with E-state index >= 15 is 0 Å². The average Bonchev–Trinajstić information content (AvgIpc) is 2.30. The molecule has 3 heteroatoms. The van der Waals surface area contributed by atoms with Crippen LogP contribution in [0.2, 0.25) is 0 Å². The van der Waals surface area contributed by atoms with E-state index in [0.717, 1.165) is 19.4 Å². The van der Waals surface area contributed by atoms with Crippen molar-refractivity contribution in [2.75, 3.05) is 13.1 Å². The smallest absolute Gasteiger partial charge is 0.130 e. The lowest BCUT2D eigenvalue weighted by Gasteiger charge is -2.37. The minimum absolute atomic E-state index is 0.230. The van der Waals surface area contributed by atoms with Crippen molar-refractivity contribution < 1.29 is 4.74 Å². The number of rotatable bonds is 2. The van der Waals surface area contributed by atoms with E-state index in [2.05, 4.69) is 30.2 Å². The van der Waals surface area contributed by atoms with E-state index in [1.165, 1.54) is 12.0 Å². The topological polar surface area (TPSA) is 38.5 Å². The van der Waals surface area contributed by atoms with Crippen LogP contribution in [0.25, 0.3) is 0 Å². The van der Waals surface area contributed by atoms with Gasteiger partial charge in [0.1, 0.15) is 6.23 Å². The minimum atomic E-state index is 0.230. The maximum Gasteiger partial charge on any atom is 0.130 e. The number of hydrogen-bond donors (Lipinski definition) is 1. The average molecular weight is 208 g/mol. The molecule has 15 heavy (non-hydrogen) atoms. The molecule has 0 saturated carbocycles. The predicted octanol–water partition coefficient (Wildman–Crippen LogP) is 1.62. The van der Waals surface area contributed by atoms with Gasteiger partial charge in [0.2, 0.25) is 0 Å². The van der Waals surface area contributed by atoms with Gasteiger partial charge < -0.3 is 15.4 Å². The van der Waals surface area contributed by atoms with Crippen molar-refractivity contribution in [1.82, 2.24) is 4.90 Å². The van der Waals surface area contributed by atoms with Crippen molar-refractivity contribution in [1.29, 1.82) is 0 Å². The van der Waals surface area contributed by atoms with Crippen LogP contribution >= 0.6 is 0 Å². The molecule has 0 bridgehead atoms. The molecule has 0 unspecified atom stereocenters. The molecule has 1 saturated heterocycles. The first kappa shape index (κ1) is 10.7. The van der Waals surface area contributed by atoms with E-state index in [-0.39, 0.29) is 12.3 Å². The Morgan fingerprint density at radius 1 is 1.53 bits per heavy atom. The molecule has 1 fully saturated rings. The molecule has 84 valence electrons. The minimum Gasteiger partial charge on any atom is -0.354 e. The Morgan fingerprint density at radius 2 is 2.40 bits per heavy atom. The van der Waals surface area contributed by atoms with Gasteiger partial charge in [0.15, 0.2) is 0 Å². The van der Waals surface area contributed by atoms with Crippen LogP contribution in [-0.4, -0.2) is 30.3 Å². The molecule has 0 amide bonds. The first-order chi connectivity index (χ1) is 7.29. The highest BCUT2D eigenvalue weighted by Gasteiger charge is 2.24. The van der Waals surface area contributed by atoms with Gasteiger partial charge in [-0.05, 0) is 32.3 Å². The van der Waals surface area contributed by atoms with E-state index in [1.807, 2.05) is 0 Å². The number of nitrogens with two attached hydrogens (primary N) is 1. The maximum absolute atomic E-state index is 5.93. The summed E-state index contributed by atoms with van der Waals surface area (Å²) in [5, 5.41) is 0. The summed E-state index contributed by atoms with van der Waals surface area (Å²) in [5.41, 5.74) is 6.97. The zero-order chi connectivity index (χ0) is 10.7. The normalized spacial score (nSPS) is 31.6. The van der Waals surface area contributed by atoms with Gasteiger partial charge >= 0.3 is 0 Å². The number of ether oxygens (including phenoxy) is 1. The zero-order valence-corrected chi connectivity index (χ0v) is 9.36. The monoisotopic (exact) mass is 208 g/mol. The third-order valence-corrected chi connectivity index (χ3v) is 3.11. The van der Waals surface area contributed by atoms with Crippen LogP contribution in [0.5, 0.6) is 0 Å². The summed E-state index contributed by atoms with van der Waals surface area (Å²) in [6, 6.07) is 0. The molecule has 2 aliphatic heterocycles. The first-order valence-corrected chi connectivity index (χ1v) is 5.76. The third-order valence-electron chi connectivity index (χ3n) is 3.11. The van der Waals surface area contributed by atoms with Gasteiger partial charge in [-0.1, -0.05) is 11.6 Å². The molecule has 0 aromatic heterocycles. The van der Waals surface area contributed by atoms with Crippen LogP contribution < -0.4 is 5.73 Å². The summed E-state index contributed by atoms with van der Waals surface area (Å²) in [6.07, 6.45) is 10.4. The van der Waals surface area contributed by atoms with E-state index in [9.17, 15) is 0 Å². The van der Waals surface area contributed by atoms with Crippen molar-refractivity contribution in [3.05, 3.63) is 23.9 Å². The van der Waals surface area contributed by atoms with E-state index in [4.69, 9.17) is 10.5 Å². The van der Waals surface area contributed by atoms with Gasteiger partial charge in [0.05, 0.1) is 6.10 Å². The van der Waals surface area contributed by atoms with Crippen molar-refractivity contribution in [3.8, 4) is 0 Å². The van der Waals surface area contributed by atoms with Crippen molar-refractivity contribution >= 4 is 0 Å². The third kappa shape index (κ3) is 2.61. The molecule has 3 nitrogen and oxygen atoms in total. The fourth-order valence-corrected chi connectivity index (χ4v) is 2.10. The lowest BCUT2D eigenvalue weighted by molar-refractivity contribution is -0.106. The molecule has 0 aromatic carbocycles. The summed E-state index contributed by atoms with van der Waals surface area (Å²) in [4.78, 5) is 2.26. The van der Waals surface area contributed by atoms with Crippen molar-refractivity contribution in [2.45, 2.75) is 38.5 Å². The summed E-state index contributed by atoms with van der Waals surface area (Å²) >= 11 is 0. The van der Waals surface area contributed by atoms with Crippen molar-refractivity contribution in [3.63, 3.8) is 0 Å². The SMILES string of the molecule is CC1=CCN([C@@H]2CCC[C@H](CN)O2)C=C1. The van der Waals surface area contributed by atoms with Crippen LogP contribution in [0.4, 0.5) is 0 Å². The molecule has 0 aliphatic carbocycles. The Hall–Kier alpha value is -0.800. The second-order valence-electron chi connectivity index (χ2n) is 4.34. The predicted molar refractivity (Wildman–Crippen MR) is 61.2 cm³/mol. The van der Waals surface area contributed by atoms with Gasteiger partial charge in [0, 0.05) is 19.3 Å². The second kappa shape index (κ2) is 4.81. The van der Waals surface area contributed by atoms with Gasteiger partial charge in [-0.25, -0.2) is 0 Å². The maximum atomic E-state index is 5.93. The Balaban J connectivity index is 1.91. The largest absolute Gasteiger partial charge is 0.354 e. The standard InChI is InChI=1S/C12H20N2O/c1-10-5-7-14(8-6-10)12-4-2-3-11(9-13)15-12/h5-7,11-12H,2-4,8-9,13H2,1H3/t11-,12+/m1/s1. The second-order valence-corrected chi connectivity index (χ2v) is 4.34. The molecule has 0 radical (unpaired) electrons. The Morgan fingerprint density at radius 3 is 3.07 bits per heavy atom. The highest BCUT2D eigenvalue weighted by atomic mass is 16.5. The van der Waals surface area contributed by atoms with Gasteiger partial charge in [-0.15, -0.1) is 0 Å². The zero-order valence-electron chi connectivity index (χ0n) is 9.36. The summed E-state index contributed by atoms with van der Waals surface area (Å²) in [7, 11) is 0. The quantitative estimate of drug-likeness (QED) is 0.749. The summed E-state index contributed by atoms with van der Waals surface area (Å²) in [6.45, 7) is 3.73. The molecular formula is C12H20N2O. The van der Waals surface area contributed by atoms with Crippen LogP contribution in [-0.2, 0) is 4.74 Å².